The van der Waals surface area contributed by atoms with Crippen LogP contribution >= 0.6 is 23.2 Å². The summed E-state index contributed by atoms with van der Waals surface area (Å²) >= 11 is 12.3. The molecule has 1 aliphatic carbocycles. The van der Waals surface area contributed by atoms with Crippen LogP contribution in [0.2, 0.25) is 10.0 Å². The number of fused-ring (bicyclic) bond motifs is 1. The van der Waals surface area contributed by atoms with Crippen LogP contribution in [0.25, 0.3) is 10.9 Å². The summed E-state index contributed by atoms with van der Waals surface area (Å²) in [5.41, 5.74) is 0.876. The van der Waals surface area contributed by atoms with Crippen molar-refractivity contribution in [2.75, 3.05) is 11.9 Å². The maximum atomic E-state index is 12.9. The van der Waals surface area contributed by atoms with E-state index in [-0.39, 0.29) is 23.2 Å². The molecule has 1 amide bonds. The number of carbonyl (C=O) groups is 1. The number of anilines is 1. The van der Waals surface area contributed by atoms with Gasteiger partial charge in [0.1, 0.15) is 0 Å². The van der Waals surface area contributed by atoms with Crippen molar-refractivity contribution in [3.8, 4) is 0 Å². The van der Waals surface area contributed by atoms with Gasteiger partial charge in [0.25, 0.3) is 5.91 Å². The Morgan fingerprint density at radius 2 is 1.94 bits per heavy atom. The third kappa shape index (κ3) is 4.64. The Labute approximate surface area is 197 Å². The van der Waals surface area contributed by atoms with Crippen molar-refractivity contribution in [1.29, 1.82) is 0 Å². The fourth-order valence-electron chi connectivity index (χ4n) is 4.35. The lowest BCUT2D eigenvalue weighted by atomic mass is 9.87. The fourth-order valence-corrected chi connectivity index (χ4v) is 4.73. The normalized spacial score (nSPS) is 19.3. The van der Waals surface area contributed by atoms with Crippen molar-refractivity contribution in [3.05, 3.63) is 57.7 Å². The summed E-state index contributed by atoms with van der Waals surface area (Å²) in [7, 11) is 0. The van der Waals surface area contributed by atoms with Crippen LogP contribution in [0, 0.1) is 5.92 Å². The van der Waals surface area contributed by atoms with Crippen molar-refractivity contribution in [1.82, 2.24) is 9.78 Å². The van der Waals surface area contributed by atoms with Crippen molar-refractivity contribution in [2.45, 2.75) is 51.2 Å². The smallest absolute Gasteiger partial charge is 0.257 e. The van der Waals surface area contributed by atoms with E-state index in [1.54, 1.807) is 32.0 Å². The lowest BCUT2D eigenvalue weighted by Crippen LogP contribution is -2.21. The number of rotatable bonds is 5. The topological polar surface area (TPSA) is 87.4 Å². The van der Waals surface area contributed by atoms with Crippen molar-refractivity contribution < 1.29 is 15.0 Å². The van der Waals surface area contributed by atoms with Gasteiger partial charge in [-0.3, -0.25) is 9.48 Å². The SMILES string of the molecule is CC(C)(O)c1cc2nn([C@H]3CC[C@H](CO)CC3)cc2cc1NC(=O)c1cccc(Cl)c1Cl. The highest BCUT2D eigenvalue weighted by Gasteiger charge is 2.26. The number of hydrogen-bond donors (Lipinski definition) is 3. The van der Waals surface area contributed by atoms with Crippen LogP contribution in [0.4, 0.5) is 5.69 Å². The first kappa shape index (κ1) is 23.1. The Morgan fingerprint density at radius 1 is 1.22 bits per heavy atom. The van der Waals surface area contributed by atoms with Crippen LogP contribution in [0.15, 0.2) is 36.5 Å². The first-order valence-electron chi connectivity index (χ1n) is 10.8. The lowest BCUT2D eigenvalue weighted by Gasteiger charge is -2.27. The van der Waals surface area contributed by atoms with Gasteiger partial charge in [-0.2, -0.15) is 5.10 Å². The number of amides is 1. The summed E-state index contributed by atoms with van der Waals surface area (Å²) in [5.74, 6) is -0.0322. The first-order chi connectivity index (χ1) is 15.2. The molecule has 0 spiro atoms. The number of aliphatic hydroxyl groups excluding tert-OH is 1. The molecule has 0 atom stereocenters. The van der Waals surface area contributed by atoms with E-state index in [1.807, 2.05) is 23.0 Å². The maximum absolute atomic E-state index is 12.9. The van der Waals surface area contributed by atoms with Crippen LogP contribution < -0.4 is 5.32 Å². The Hall–Kier alpha value is -2.12. The highest BCUT2D eigenvalue weighted by Crippen LogP contribution is 2.36. The van der Waals surface area contributed by atoms with Gasteiger partial charge >= 0.3 is 0 Å². The molecule has 0 unspecified atom stereocenters. The summed E-state index contributed by atoms with van der Waals surface area (Å²) in [4.78, 5) is 12.9. The molecule has 0 radical (unpaired) electrons. The Bertz CT molecular complexity index is 1150. The molecule has 0 saturated heterocycles. The van der Waals surface area contributed by atoms with E-state index in [4.69, 9.17) is 28.3 Å². The van der Waals surface area contributed by atoms with Gasteiger partial charge in [0.2, 0.25) is 0 Å². The minimum Gasteiger partial charge on any atom is -0.396 e. The molecule has 0 aliphatic heterocycles. The maximum Gasteiger partial charge on any atom is 0.257 e. The van der Waals surface area contributed by atoms with Gasteiger partial charge in [-0.05, 0) is 69.7 Å². The van der Waals surface area contributed by atoms with Gasteiger partial charge in [0, 0.05) is 29.4 Å². The molecule has 0 bridgehead atoms. The number of benzene rings is 2. The Morgan fingerprint density at radius 3 is 2.59 bits per heavy atom. The predicted octanol–water partition coefficient (Wildman–Crippen LogP) is 5.55. The predicted molar refractivity (Wildman–Crippen MR) is 127 cm³/mol. The van der Waals surface area contributed by atoms with Crippen molar-refractivity contribution in [2.24, 2.45) is 5.92 Å². The molecule has 3 N–H and O–H groups in total. The molecule has 6 nitrogen and oxygen atoms in total. The molecule has 1 fully saturated rings. The largest absolute Gasteiger partial charge is 0.396 e. The quantitative estimate of drug-likeness (QED) is 0.451. The molecule has 1 aliphatic rings. The molecule has 8 heteroatoms. The minimum atomic E-state index is -1.20. The standard InChI is InChI=1S/C24H27Cl2N3O3/c1-24(2,32)18-11-20-15(12-29(28-20)16-8-6-14(13-30)7-9-16)10-21(18)27-23(31)17-4-3-5-19(25)22(17)26/h3-5,10-12,14,16,30,32H,6-9,13H2,1-2H3,(H,27,31)/t14-,16-. The number of nitrogens with zero attached hydrogens (tertiary/aromatic N) is 2. The fraction of sp³-hybridized carbons (Fsp3) is 0.417. The summed E-state index contributed by atoms with van der Waals surface area (Å²) in [6.45, 7) is 3.58. The summed E-state index contributed by atoms with van der Waals surface area (Å²) in [6.07, 6.45) is 5.88. The third-order valence-electron chi connectivity index (χ3n) is 6.21. The molecule has 2 aromatic carbocycles. The van der Waals surface area contributed by atoms with Crippen LogP contribution in [-0.2, 0) is 5.60 Å². The lowest BCUT2D eigenvalue weighted by molar-refractivity contribution is 0.0794. The van der Waals surface area contributed by atoms with E-state index < -0.39 is 11.5 Å². The number of hydrogen-bond acceptors (Lipinski definition) is 4. The van der Waals surface area contributed by atoms with Gasteiger partial charge in [-0.1, -0.05) is 29.3 Å². The minimum absolute atomic E-state index is 0.184. The van der Waals surface area contributed by atoms with Crippen LogP contribution in [-0.4, -0.2) is 32.5 Å². The summed E-state index contributed by atoms with van der Waals surface area (Å²) in [5, 5.41) is 29.2. The van der Waals surface area contributed by atoms with E-state index in [2.05, 4.69) is 5.32 Å². The van der Waals surface area contributed by atoms with Crippen molar-refractivity contribution in [3.63, 3.8) is 0 Å². The van der Waals surface area contributed by atoms with Gasteiger partial charge < -0.3 is 15.5 Å². The van der Waals surface area contributed by atoms with E-state index in [0.29, 0.717) is 22.2 Å². The summed E-state index contributed by atoms with van der Waals surface area (Å²) in [6, 6.07) is 8.82. The molecular formula is C24H27Cl2N3O3. The average molecular weight is 476 g/mol. The average Bonchev–Trinajstić information content (AvgIpc) is 3.17. The van der Waals surface area contributed by atoms with E-state index in [9.17, 15) is 15.0 Å². The Kier molecular flexibility index (Phi) is 6.50. The second-order valence-electron chi connectivity index (χ2n) is 9.04. The molecule has 1 aromatic heterocycles. The zero-order valence-corrected chi connectivity index (χ0v) is 19.6. The van der Waals surface area contributed by atoms with Crippen LogP contribution in [0.3, 0.4) is 0 Å². The number of aliphatic hydroxyl groups is 2. The number of carbonyl (C=O) groups excluding carboxylic acids is 1. The molecule has 1 heterocycles. The summed E-state index contributed by atoms with van der Waals surface area (Å²) < 4.78 is 1.98. The number of halogens is 2. The second kappa shape index (κ2) is 9.02. The van der Waals surface area contributed by atoms with Gasteiger partial charge in [-0.25, -0.2) is 0 Å². The Balaban J connectivity index is 1.68. The molecule has 32 heavy (non-hydrogen) atoms. The number of nitrogens with one attached hydrogen (secondary N) is 1. The molecule has 4 rings (SSSR count). The molecule has 3 aromatic rings. The highest BCUT2D eigenvalue weighted by molar-refractivity contribution is 6.44. The van der Waals surface area contributed by atoms with E-state index in [0.717, 1.165) is 36.6 Å². The van der Waals surface area contributed by atoms with Gasteiger partial charge in [0.05, 0.1) is 32.8 Å². The molecule has 1 saturated carbocycles. The molecule has 170 valence electrons. The third-order valence-corrected chi connectivity index (χ3v) is 7.03. The highest BCUT2D eigenvalue weighted by atomic mass is 35.5. The molecular weight excluding hydrogens is 449 g/mol. The van der Waals surface area contributed by atoms with Gasteiger partial charge in [-0.15, -0.1) is 0 Å². The van der Waals surface area contributed by atoms with E-state index in [1.165, 1.54) is 0 Å². The number of aromatic nitrogens is 2. The van der Waals surface area contributed by atoms with E-state index >= 15 is 0 Å². The zero-order valence-electron chi connectivity index (χ0n) is 18.1. The second-order valence-corrected chi connectivity index (χ2v) is 9.82. The van der Waals surface area contributed by atoms with Crippen molar-refractivity contribution >= 4 is 45.7 Å². The van der Waals surface area contributed by atoms with Gasteiger partial charge in [0.15, 0.2) is 0 Å². The monoisotopic (exact) mass is 475 g/mol. The van der Waals surface area contributed by atoms with Crippen LogP contribution in [0.1, 0.15) is 61.5 Å². The van der Waals surface area contributed by atoms with Crippen LogP contribution in [0.5, 0.6) is 0 Å². The zero-order chi connectivity index (χ0) is 23.0. The first-order valence-corrected chi connectivity index (χ1v) is 11.5.